The van der Waals surface area contributed by atoms with Crippen LogP contribution in [0.5, 0.6) is 0 Å². The molecule has 0 bridgehead atoms. The summed E-state index contributed by atoms with van der Waals surface area (Å²) < 4.78 is 25.8. The molecule has 3 rings (SSSR count). The highest BCUT2D eigenvalue weighted by Gasteiger charge is 2.33. The first-order chi connectivity index (χ1) is 9.38. The van der Waals surface area contributed by atoms with E-state index in [-0.39, 0.29) is 11.2 Å². The highest BCUT2D eigenvalue weighted by atomic mass is 79.9. The van der Waals surface area contributed by atoms with Crippen molar-refractivity contribution in [2.45, 2.75) is 31.0 Å². The molecular weight excluding hydrogens is 344 g/mol. The lowest BCUT2D eigenvalue weighted by Gasteiger charge is -2.08. The van der Waals surface area contributed by atoms with Crippen molar-refractivity contribution in [2.75, 3.05) is 0 Å². The third kappa shape index (κ3) is 2.38. The Balaban J connectivity index is 2.19. The number of sulfonamides is 1. The summed E-state index contributed by atoms with van der Waals surface area (Å²) in [6.07, 6.45) is 1.83. The summed E-state index contributed by atoms with van der Waals surface area (Å²) in [5.74, 6) is 0.539. The van der Waals surface area contributed by atoms with Crippen LogP contribution >= 0.6 is 15.9 Å². The van der Waals surface area contributed by atoms with Crippen molar-refractivity contribution in [3.63, 3.8) is 0 Å². The first-order valence-electron chi connectivity index (χ1n) is 6.12. The number of rotatable bonds is 3. The van der Waals surface area contributed by atoms with Crippen molar-refractivity contribution in [3.8, 4) is 11.4 Å². The molecule has 0 aliphatic heterocycles. The van der Waals surface area contributed by atoms with Gasteiger partial charge in [0, 0.05) is 16.1 Å². The normalized spacial score (nSPS) is 15.6. The van der Waals surface area contributed by atoms with Crippen molar-refractivity contribution in [2.24, 2.45) is 5.14 Å². The minimum Gasteiger partial charge on any atom is -0.294 e. The summed E-state index contributed by atoms with van der Waals surface area (Å²) >= 11 is 3.47. The lowest BCUT2D eigenvalue weighted by molar-refractivity contribution is 0.567. The molecule has 20 heavy (non-hydrogen) atoms. The number of hydrogen-bond donors (Lipinski definition) is 1. The minimum absolute atomic E-state index is 0.119. The van der Waals surface area contributed by atoms with E-state index in [0.29, 0.717) is 5.82 Å². The van der Waals surface area contributed by atoms with E-state index >= 15 is 0 Å². The van der Waals surface area contributed by atoms with Gasteiger partial charge in [0.15, 0.2) is 5.82 Å². The van der Waals surface area contributed by atoms with Crippen LogP contribution in [0, 0.1) is 6.92 Å². The van der Waals surface area contributed by atoms with E-state index in [4.69, 9.17) is 5.14 Å². The lowest BCUT2D eigenvalue weighted by atomic mass is 10.1. The van der Waals surface area contributed by atoms with E-state index in [0.717, 1.165) is 28.4 Å². The number of aryl methyl sites for hydroxylation is 1. The van der Waals surface area contributed by atoms with Crippen molar-refractivity contribution in [1.82, 2.24) is 14.8 Å². The van der Waals surface area contributed by atoms with Crippen LogP contribution in [0.15, 0.2) is 27.8 Å². The quantitative estimate of drug-likeness (QED) is 0.910. The van der Waals surface area contributed by atoms with Gasteiger partial charge in [-0.1, -0.05) is 28.1 Å². The maximum Gasteiger partial charge on any atom is 0.273 e. The zero-order valence-corrected chi connectivity index (χ0v) is 13.1. The van der Waals surface area contributed by atoms with Crippen LogP contribution in [0.4, 0.5) is 0 Å². The van der Waals surface area contributed by atoms with Crippen LogP contribution in [0.25, 0.3) is 11.4 Å². The molecule has 1 fully saturated rings. The maximum atomic E-state index is 11.6. The fraction of sp³-hybridized carbons (Fsp3) is 0.333. The monoisotopic (exact) mass is 356 g/mol. The summed E-state index contributed by atoms with van der Waals surface area (Å²) in [6, 6.07) is 5.87. The third-order valence-electron chi connectivity index (χ3n) is 3.26. The average Bonchev–Trinajstić information content (AvgIpc) is 3.10. The Kier molecular flexibility index (Phi) is 3.19. The summed E-state index contributed by atoms with van der Waals surface area (Å²) in [5, 5.41) is 12.8. The van der Waals surface area contributed by atoms with Gasteiger partial charge in [0.1, 0.15) is 0 Å². The second kappa shape index (κ2) is 4.64. The van der Waals surface area contributed by atoms with Crippen LogP contribution in [0.2, 0.25) is 0 Å². The molecule has 0 spiro atoms. The van der Waals surface area contributed by atoms with E-state index < -0.39 is 10.0 Å². The molecule has 0 amide bonds. The van der Waals surface area contributed by atoms with Crippen molar-refractivity contribution < 1.29 is 8.42 Å². The predicted molar refractivity (Wildman–Crippen MR) is 77.5 cm³/mol. The lowest BCUT2D eigenvalue weighted by Crippen LogP contribution is -2.18. The molecule has 106 valence electrons. The van der Waals surface area contributed by atoms with Crippen molar-refractivity contribution in [3.05, 3.63) is 28.2 Å². The molecule has 2 aromatic rings. The Morgan fingerprint density at radius 3 is 2.60 bits per heavy atom. The molecule has 1 aliphatic rings. The van der Waals surface area contributed by atoms with E-state index in [1.54, 1.807) is 4.57 Å². The number of aromatic nitrogens is 3. The Hall–Kier alpha value is -1.25. The topological polar surface area (TPSA) is 90.9 Å². The SMILES string of the molecule is Cc1ccc(-c2nnc(S(N)(=O)=O)n2C2CC2)cc1Br. The predicted octanol–water partition coefficient (Wildman–Crippen LogP) is 2.00. The average molecular weight is 357 g/mol. The Bertz CT molecular complexity index is 781. The maximum absolute atomic E-state index is 11.6. The Labute approximate surface area is 125 Å². The zero-order chi connectivity index (χ0) is 14.5. The molecule has 1 aliphatic carbocycles. The van der Waals surface area contributed by atoms with Crippen LogP contribution in [0.3, 0.4) is 0 Å². The largest absolute Gasteiger partial charge is 0.294 e. The highest BCUT2D eigenvalue weighted by Crippen LogP contribution is 2.40. The van der Waals surface area contributed by atoms with Gasteiger partial charge in [-0.05, 0) is 31.4 Å². The van der Waals surface area contributed by atoms with Gasteiger partial charge in [-0.15, -0.1) is 10.2 Å². The molecular formula is C12H13BrN4O2S. The molecule has 8 heteroatoms. The van der Waals surface area contributed by atoms with Gasteiger partial charge in [0.2, 0.25) is 0 Å². The highest BCUT2D eigenvalue weighted by molar-refractivity contribution is 9.10. The molecule has 0 radical (unpaired) electrons. The van der Waals surface area contributed by atoms with Gasteiger partial charge in [0.25, 0.3) is 15.2 Å². The van der Waals surface area contributed by atoms with Crippen molar-refractivity contribution >= 4 is 26.0 Å². The van der Waals surface area contributed by atoms with Crippen LogP contribution < -0.4 is 5.14 Å². The molecule has 1 aromatic heterocycles. The number of hydrogen-bond acceptors (Lipinski definition) is 4. The second-order valence-corrected chi connectivity index (χ2v) is 7.23. The van der Waals surface area contributed by atoms with E-state index in [9.17, 15) is 8.42 Å². The fourth-order valence-electron chi connectivity index (χ4n) is 2.06. The Morgan fingerprint density at radius 2 is 2.05 bits per heavy atom. The van der Waals surface area contributed by atoms with Gasteiger partial charge < -0.3 is 0 Å². The van der Waals surface area contributed by atoms with E-state index in [1.165, 1.54) is 0 Å². The van der Waals surface area contributed by atoms with E-state index in [2.05, 4.69) is 26.1 Å². The third-order valence-corrected chi connectivity index (χ3v) is 4.90. The number of primary sulfonamides is 1. The molecule has 0 unspecified atom stereocenters. The minimum atomic E-state index is -3.87. The van der Waals surface area contributed by atoms with Gasteiger partial charge in [-0.25, -0.2) is 13.6 Å². The van der Waals surface area contributed by atoms with Crippen LogP contribution in [-0.4, -0.2) is 23.2 Å². The number of nitrogens with two attached hydrogens (primary N) is 1. The smallest absolute Gasteiger partial charge is 0.273 e. The zero-order valence-electron chi connectivity index (χ0n) is 10.7. The number of halogens is 1. The second-order valence-electron chi connectivity index (χ2n) is 4.92. The Morgan fingerprint density at radius 1 is 1.35 bits per heavy atom. The molecule has 0 atom stereocenters. The van der Waals surface area contributed by atoms with Crippen LogP contribution in [-0.2, 0) is 10.0 Å². The fourth-order valence-corrected chi connectivity index (χ4v) is 3.10. The van der Waals surface area contributed by atoms with E-state index in [1.807, 2.05) is 25.1 Å². The molecule has 2 N–H and O–H groups in total. The first-order valence-corrected chi connectivity index (χ1v) is 8.46. The number of benzene rings is 1. The molecule has 1 saturated carbocycles. The van der Waals surface area contributed by atoms with Crippen molar-refractivity contribution in [1.29, 1.82) is 0 Å². The van der Waals surface area contributed by atoms with Crippen LogP contribution in [0.1, 0.15) is 24.4 Å². The van der Waals surface area contributed by atoms with Gasteiger partial charge in [0.05, 0.1) is 0 Å². The first kappa shape index (κ1) is 13.7. The molecule has 1 heterocycles. The summed E-state index contributed by atoms with van der Waals surface area (Å²) in [7, 11) is -3.87. The van der Waals surface area contributed by atoms with Gasteiger partial charge in [-0.2, -0.15) is 0 Å². The summed E-state index contributed by atoms with van der Waals surface area (Å²) in [5.41, 5.74) is 1.91. The molecule has 6 nitrogen and oxygen atoms in total. The standard InChI is InChI=1S/C12H13BrN4O2S/c1-7-2-3-8(6-10(7)13)11-15-16-12(20(14,18)19)17(11)9-4-5-9/h2-3,6,9H,4-5H2,1H3,(H2,14,18,19). The van der Waals surface area contributed by atoms with Gasteiger partial charge in [-0.3, -0.25) is 4.57 Å². The van der Waals surface area contributed by atoms with Gasteiger partial charge >= 0.3 is 0 Å². The molecule has 1 aromatic carbocycles. The summed E-state index contributed by atoms with van der Waals surface area (Å²) in [4.78, 5) is 0. The number of nitrogens with zero attached hydrogens (tertiary/aromatic N) is 3. The molecule has 0 saturated heterocycles. The summed E-state index contributed by atoms with van der Waals surface area (Å²) in [6.45, 7) is 1.98.